The van der Waals surface area contributed by atoms with Gasteiger partial charge < -0.3 is 45.6 Å². The minimum Gasteiger partial charge on any atom is -0.509 e. The summed E-state index contributed by atoms with van der Waals surface area (Å²) in [6, 6.07) is 18.0. The number of rotatable bonds is 9. The van der Waals surface area contributed by atoms with E-state index in [1.54, 1.807) is 57.4 Å². The predicted octanol–water partition coefficient (Wildman–Crippen LogP) is 9.11. The van der Waals surface area contributed by atoms with Gasteiger partial charge in [-0.25, -0.2) is 0 Å². The van der Waals surface area contributed by atoms with Gasteiger partial charge in [-0.3, -0.25) is 4.79 Å². The van der Waals surface area contributed by atoms with Crippen LogP contribution in [0.4, 0.5) is 11.4 Å². The molecule has 10 heteroatoms. The number of Topliss-reactive ketones (excluding diaryl/α,β-unsaturated/α-hetero) is 1. The maximum absolute atomic E-state index is 13.9. The van der Waals surface area contributed by atoms with Crippen molar-refractivity contribution in [1.82, 2.24) is 0 Å². The predicted molar refractivity (Wildman–Crippen MR) is 214 cm³/mol. The van der Waals surface area contributed by atoms with Crippen molar-refractivity contribution in [2.75, 3.05) is 24.9 Å². The third-order valence-corrected chi connectivity index (χ3v) is 10.1. The highest BCUT2D eigenvalue weighted by molar-refractivity contribution is 6.34. The first-order valence-corrected chi connectivity index (χ1v) is 17.8. The Kier molecular flexibility index (Phi) is 10.3. The van der Waals surface area contributed by atoms with Crippen LogP contribution < -0.4 is 20.1 Å². The van der Waals surface area contributed by atoms with E-state index in [0.29, 0.717) is 56.3 Å². The number of anilines is 2. The number of hydrogen-bond donors (Lipinski definition) is 7. The van der Waals surface area contributed by atoms with Crippen LogP contribution in [-0.2, 0) is 4.79 Å². The Balaban J connectivity index is 1.63. The van der Waals surface area contributed by atoms with Crippen LogP contribution in [0.3, 0.4) is 0 Å². The molecular weight excluding hydrogens is 684 g/mol. The molecule has 10 nitrogen and oxygen atoms in total. The van der Waals surface area contributed by atoms with Crippen molar-refractivity contribution in [2.24, 2.45) is 11.8 Å². The van der Waals surface area contributed by atoms with Crippen molar-refractivity contribution in [3.63, 3.8) is 0 Å². The van der Waals surface area contributed by atoms with Crippen LogP contribution in [0, 0.1) is 25.7 Å². The molecule has 0 fully saturated rings. The molecule has 2 aliphatic carbocycles. The minimum absolute atomic E-state index is 0.0126. The van der Waals surface area contributed by atoms with Crippen molar-refractivity contribution in [2.45, 2.75) is 47.6 Å². The zero-order valence-electron chi connectivity index (χ0n) is 31.6. The molecule has 2 aliphatic rings. The smallest absolute Gasteiger partial charge is 0.229 e. The van der Waals surface area contributed by atoms with Crippen molar-refractivity contribution in [3.05, 3.63) is 118 Å². The Morgan fingerprint density at radius 2 is 1.13 bits per heavy atom. The fourth-order valence-electron chi connectivity index (χ4n) is 7.59. The van der Waals surface area contributed by atoms with E-state index in [9.17, 15) is 30.3 Å². The Hall–Kier alpha value is -6.13. The molecule has 6 rings (SSSR count). The molecule has 7 N–H and O–H groups in total. The fraction of sp³-hybridized carbons (Fsp3) is 0.250. The first-order valence-electron chi connectivity index (χ1n) is 17.8. The molecule has 0 saturated heterocycles. The van der Waals surface area contributed by atoms with Gasteiger partial charge in [-0.1, -0.05) is 64.1 Å². The molecule has 1 unspecified atom stereocenters. The van der Waals surface area contributed by atoms with Crippen LogP contribution >= 0.6 is 0 Å². The lowest BCUT2D eigenvalue weighted by Crippen LogP contribution is -2.23. The van der Waals surface area contributed by atoms with Gasteiger partial charge in [0, 0.05) is 51.4 Å². The van der Waals surface area contributed by atoms with Crippen LogP contribution in [0.5, 0.6) is 23.0 Å². The highest BCUT2D eigenvalue weighted by atomic mass is 16.5. The molecule has 0 aliphatic heterocycles. The summed E-state index contributed by atoms with van der Waals surface area (Å²) >= 11 is 0. The molecule has 0 bridgehead atoms. The normalized spacial score (nSPS) is 17.0. The molecule has 4 aromatic carbocycles. The van der Waals surface area contributed by atoms with E-state index < -0.39 is 17.6 Å². The maximum atomic E-state index is 13.9. The number of aryl methyl sites for hydroxylation is 2. The highest BCUT2D eigenvalue weighted by Gasteiger charge is 2.38. The van der Waals surface area contributed by atoms with Crippen molar-refractivity contribution in [1.29, 1.82) is 0 Å². The molecule has 0 heterocycles. The molecule has 4 aromatic rings. The summed E-state index contributed by atoms with van der Waals surface area (Å²) in [6.45, 7) is 11.1. The average Bonchev–Trinajstić information content (AvgIpc) is 3.13. The minimum atomic E-state index is -1.49. The number of phenols is 2. The summed E-state index contributed by atoms with van der Waals surface area (Å²) in [6.07, 6.45) is 1.47. The van der Waals surface area contributed by atoms with E-state index in [-0.39, 0.29) is 62.5 Å². The number of aliphatic hydroxyl groups excluding tert-OH is 3. The third-order valence-electron chi connectivity index (χ3n) is 10.1. The van der Waals surface area contributed by atoms with Gasteiger partial charge in [0.2, 0.25) is 5.78 Å². The molecular formula is C44H46N2O8. The standard InChI is InChI=1S/C44H46N2O8/c1-21(2)33-25-17-23(5)35(41(49)37(25)27(39(47)43(33)51)19-45-29-13-9-11-15-31(29)53-7)36-24(6)18-26-34(22(3)4)44(52)40(48)28(38(26)42(36)50)20-46-30-14-10-12-16-32(30)54-8/h9-22,39,45-47,49-52H,1-8H3/b27-19-,28-20+. The number of hydrogen-bond acceptors (Lipinski definition) is 10. The molecule has 54 heavy (non-hydrogen) atoms. The van der Waals surface area contributed by atoms with E-state index in [4.69, 9.17) is 9.47 Å². The number of fused-ring (bicyclic) bond motifs is 2. The number of phenolic OH excluding ortho intramolecular Hbond substituents is 2. The van der Waals surface area contributed by atoms with E-state index >= 15 is 0 Å². The lowest BCUT2D eigenvalue weighted by atomic mass is 9.75. The molecule has 280 valence electrons. The van der Waals surface area contributed by atoms with Crippen LogP contribution in [0.25, 0.3) is 33.4 Å². The number of methoxy groups -OCH3 is 2. The van der Waals surface area contributed by atoms with Crippen LogP contribution in [0.1, 0.15) is 61.1 Å². The number of ketones is 1. The van der Waals surface area contributed by atoms with Crippen molar-refractivity contribution < 1.29 is 39.8 Å². The molecule has 0 radical (unpaired) electrons. The third kappa shape index (κ3) is 6.22. The number of nitrogens with one attached hydrogen (secondary N) is 2. The SMILES string of the molecule is COc1ccccc1N/C=C1/c2c(cc(C)c(-c3c(C)cc4c(c3O)/C(=C\Nc3ccccc3OC)C(=O)C(O)=C4C(C)C)c2O)C(C(C)C)=C(O)C1O. The maximum Gasteiger partial charge on any atom is 0.229 e. The number of ether oxygens (including phenoxy) is 2. The second kappa shape index (κ2) is 14.7. The summed E-state index contributed by atoms with van der Waals surface area (Å²) in [5.41, 5.74) is 5.39. The summed E-state index contributed by atoms with van der Waals surface area (Å²) in [4.78, 5) is 13.9. The molecule has 1 atom stereocenters. The summed E-state index contributed by atoms with van der Waals surface area (Å²) in [5.74, 6) is -1.26. The number of aromatic hydroxyl groups is 2. The van der Waals surface area contributed by atoms with Crippen LogP contribution in [0.15, 0.2) is 84.6 Å². The first kappa shape index (κ1) is 37.6. The molecule has 0 saturated carbocycles. The largest absolute Gasteiger partial charge is 0.509 e. The van der Waals surface area contributed by atoms with Crippen molar-refractivity contribution in [3.8, 4) is 34.1 Å². The topological polar surface area (TPSA) is 161 Å². The monoisotopic (exact) mass is 730 g/mol. The van der Waals surface area contributed by atoms with Crippen molar-refractivity contribution >= 4 is 39.5 Å². The number of para-hydroxylation sites is 4. The van der Waals surface area contributed by atoms with E-state index in [2.05, 4.69) is 10.6 Å². The Bertz CT molecular complexity index is 2310. The number of allylic oxidation sites excluding steroid dienone is 3. The fourth-order valence-corrected chi connectivity index (χ4v) is 7.59. The first-order chi connectivity index (χ1) is 25.7. The van der Waals surface area contributed by atoms with Gasteiger partial charge in [-0.2, -0.15) is 0 Å². The van der Waals surface area contributed by atoms with Crippen LogP contribution in [0.2, 0.25) is 0 Å². The zero-order chi connectivity index (χ0) is 39.2. The molecule has 0 amide bonds. The number of carbonyl (C=O) groups is 1. The van der Waals surface area contributed by atoms with Gasteiger partial charge in [0.05, 0.1) is 31.2 Å². The van der Waals surface area contributed by atoms with Gasteiger partial charge in [-0.15, -0.1) is 0 Å². The average molecular weight is 731 g/mol. The Labute approximate surface area is 315 Å². The second-order valence-corrected chi connectivity index (χ2v) is 14.1. The Morgan fingerprint density at radius 3 is 1.63 bits per heavy atom. The number of aliphatic hydroxyl groups is 3. The lowest BCUT2D eigenvalue weighted by Gasteiger charge is -2.32. The summed E-state index contributed by atoms with van der Waals surface area (Å²) in [5, 5.41) is 65.3. The summed E-state index contributed by atoms with van der Waals surface area (Å²) in [7, 11) is 3.07. The quantitative estimate of drug-likeness (QED) is 0.0828. The molecule has 0 aromatic heterocycles. The van der Waals surface area contributed by atoms with Gasteiger partial charge in [0.25, 0.3) is 0 Å². The highest BCUT2D eigenvalue weighted by Crippen LogP contribution is 2.54. The second-order valence-electron chi connectivity index (χ2n) is 14.1. The van der Waals surface area contributed by atoms with E-state index in [0.717, 1.165) is 0 Å². The lowest BCUT2D eigenvalue weighted by molar-refractivity contribution is -0.112. The number of carbonyl (C=O) groups excluding carboxylic acids is 1. The van der Waals surface area contributed by atoms with Gasteiger partial charge in [0.1, 0.15) is 34.9 Å². The van der Waals surface area contributed by atoms with E-state index in [1.165, 1.54) is 19.5 Å². The van der Waals surface area contributed by atoms with Crippen LogP contribution in [-0.4, -0.2) is 51.6 Å². The van der Waals surface area contributed by atoms with Gasteiger partial charge in [0.15, 0.2) is 5.76 Å². The Morgan fingerprint density at radius 1 is 0.667 bits per heavy atom. The zero-order valence-corrected chi connectivity index (χ0v) is 31.6. The van der Waals surface area contributed by atoms with Gasteiger partial charge in [-0.05, 0) is 72.2 Å². The van der Waals surface area contributed by atoms with Gasteiger partial charge >= 0.3 is 0 Å². The van der Waals surface area contributed by atoms with E-state index in [1.807, 2.05) is 52.0 Å². The molecule has 0 spiro atoms. The summed E-state index contributed by atoms with van der Waals surface area (Å²) < 4.78 is 11.0. The number of benzene rings is 4.